The predicted molar refractivity (Wildman–Crippen MR) is 564 cm³/mol. The highest BCUT2D eigenvalue weighted by atomic mass is 15.2. The summed E-state index contributed by atoms with van der Waals surface area (Å²) in [7, 11) is 0. The number of hydrogen-bond acceptors (Lipinski definition) is 8. The number of aromatic nitrogens is 4. The van der Waals surface area contributed by atoms with E-state index in [1.807, 2.05) is 31.0 Å². The summed E-state index contributed by atoms with van der Waals surface area (Å²) in [4.78, 5) is 28.6. The van der Waals surface area contributed by atoms with Gasteiger partial charge >= 0.3 is 0 Å². The maximum atomic E-state index is 4.87. The van der Waals surface area contributed by atoms with E-state index >= 15 is 0 Å². The highest BCUT2D eigenvalue weighted by molar-refractivity contribution is 6.02. The molecule has 0 N–H and O–H groups in total. The van der Waals surface area contributed by atoms with Crippen LogP contribution in [0.15, 0.2) is 340 Å². The zero-order chi connectivity index (χ0) is 90.7. The standard InChI is InChI=1S/4C33H22N2/c1-2-9-24-19(5-1)16-29-25(24)11-10-20-17-27-26(31(20)29)12-13-30-28(27)18-22-7-3-6-21-15-23-8-4-14-34-33(23)35(30)32(21)22;1-2-8-24-19(5-1)13-22-14-23-16-28-25(27(23)18-26(22)24)10-11-31-29(28)15-20-6-3-7-21-17-30-32(9-4-12-34-30)35(31)33(20)21;1-2-7-25-19(4-1)12-22-14-23-16-29-26(28(23)17-27(22)25)8-9-32-30(29)15-21-6-3-5-20-13-24-18-34-11-10-31(24)35(32)33(20)21;1-2-7-24-19(4-1)15-29-25(24)9-8-21-16-27-26(32(21)29)10-11-30-28(27)17-23-6-3-5-22-14-20-12-13-34-18-31(20)35(30)33(22)23/h1-14H,15-18H2;1-12,14,18H,13,15-17H2;1-11,14,17-18H,12-13,15-16H2;1-13,18H,14-17H2. The van der Waals surface area contributed by atoms with E-state index < -0.39 is 0 Å². The third kappa shape index (κ3) is 10.7. The van der Waals surface area contributed by atoms with Gasteiger partial charge in [-0.25, -0.2) is 4.98 Å². The Balaban J connectivity index is 0.0000000829. The van der Waals surface area contributed by atoms with Gasteiger partial charge in [-0.3, -0.25) is 19.9 Å². The molecule has 0 spiro atoms. The first-order chi connectivity index (χ1) is 69.4. The summed E-state index contributed by atoms with van der Waals surface area (Å²) in [6.45, 7) is 0. The van der Waals surface area contributed by atoms with Gasteiger partial charge in [0, 0.05) is 82.4 Å². The number of benzene rings is 16. The molecule has 656 valence electrons. The Kier molecular flexibility index (Phi) is 15.6. The van der Waals surface area contributed by atoms with Crippen molar-refractivity contribution >= 4 is 68.4 Å². The average Bonchev–Trinajstić information content (AvgIpc) is 1.02. The Hall–Kier alpha value is -16.7. The van der Waals surface area contributed by atoms with Crippen molar-refractivity contribution in [2.75, 3.05) is 19.6 Å². The Labute approximate surface area is 812 Å². The lowest BCUT2D eigenvalue weighted by Crippen LogP contribution is -2.26. The molecule has 16 aromatic carbocycles. The average molecular weight is 1790 g/mol. The van der Waals surface area contributed by atoms with Crippen molar-refractivity contribution in [1.82, 2.24) is 19.9 Å². The molecule has 8 heteroatoms. The van der Waals surface area contributed by atoms with Crippen molar-refractivity contribution < 1.29 is 0 Å². The largest absolute Gasteiger partial charge is 0.309 e. The number of pyridine rings is 4. The molecule has 0 amide bonds. The molecule has 8 nitrogen and oxygen atoms in total. The van der Waals surface area contributed by atoms with Crippen LogP contribution in [0.3, 0.4) is 0 Å². The summed E-state index contributed by atoms with van der Waals surface area (Å²) in [5, 5.41) is 0. The molecule has 0 radical (unpaired) electrons. The molecule has 36 rings (SSSR count). The fraction of sp³-hybridized carbons (Fsp3) is 0.121. The van der Waals surface area contributed by atoms with Crippen LogP contribution >= 0.6 is 0 Å². The van der Waals surface area contributed by atoms with Gasteiger partial charge < -0.3 is 14.7 Å². The second-order valence-corrected chi connectivity index (χ2v) is 41.4. The second kappa shape index (κ2) is 28.5. The number of para-hydroxylation sites is 4. The minimum Gasteiger partial charge on any atom is -0.309 e. The fourth-order valence-electron chi connectivity index (χ4n) is 28.6. The van der Waals surface area contributed by atoms with Gasteiger partial charge in [-0.1, -0.05) is 237 Å². The quantitative estimate of drug-likeness (QED) is 0.149. The summed E-state index contributed by atoms with van der Waals surface area (Å²) < 4.78 is 0. The maximum Gasteiger partial charge on any atom is 0.141 e. The zero-order valence-corrected chi connectivity index (χ0v) is 77.2. The van der Waals surface area contributed by atoms with Crippen molar-refractivity contribution in [3.63, 3.8) is 0 Å². The molecular weight excluding hydrogens is 1700 g/mol. The van der Waals surface area contributed by atoms with E-state index in [-0.39, 0.29) is 0 Å². The van der Waals surface area contributed by atoms with Gasteiger partial charge in [-0.15, -0.1) is 0 Å². The Morgan fingerprint density at radius 2 is 0.493 bits per heavy atom. The first-order valence-electron chi connectivity index (χ1n) is 50.3. The summed E-state index contributed by atoms with van der Waals surface area (Å²) >= 11 is 0. The van der Waals surface area contributed by atoms with Crippen LogP contribution in [0.5, 0.6) is 0 Å². The highest BCUT2D eigenvalue weighted by Gasteiger charge is 2.44. The van der Waals surface area contributed by atoms with Crippen molar-refractivity contribution in [2.45, 2.75) is 103 Å². The van der Waals surface area contributed by atoms with Gasteiger partial charge in [-0.2, -0.15) is 0 Å². The van der Waals surface area contributed by atoms with Crippen LogP contribution in [-0.2, 0) is 103 Å². The third-order valence-electron chi connectivity index (χ3n) is 34.5. The Morgan fingerprint density at radius 1 is 0.157 bits per heavy atom. The molecule has 0 fully saturated rings. The number of nitrogens with zero attached hydrogens (tertiary/aromatic N) is 8. The molecule has 140 heavy (non-hydrogen) atoms. The van der Waals surface area contributed by atoms with Crippen LogP contribution in [0.2, 0.25) is 0 Å². The maximum absolute atomic E-state index is 4.87. The first-order valence-corrected chi connectivity index (χ1v) is 50.3. The zero-order valence-electron chi connectivity index (χ0n) is 77.2. The number of anilines is 12. The Morgan fingerprint density at radius 3 is 1.02 bits per heavy atom. The molecule has 8 aliphatic carbocycles. The minimum atomic E-state index is 0.911. The van der Waals surface area contributed by atoms with Crippen molar-refractivity contribution in [3.8, 4) is 89.0 Å². The molecule has 8 aliphatic heterocycles. The Bertz CT molecular complexity index is 8590. The fourth-order valence-corrected chi connectivity index (χ4v) is 28.6. The molecule has 20 aromatic rings. The van der Waals surface area contributed by atoms with E-state index in [2.05, 4.69) is 339 Å². The van der Waals surface area contributed by atoms with E-state index in [1.54, 1.807) is 0 Å². The number of fused-ring (bicyclic) bond motifs is 46. The van der Waals surface area contributed by atoms with Crippen molar-refractivity contribution in [2.24, 2.45) is 0 Å². The highest BCUT2D eigenvalue weighted by Crippen LogP contribution is 2.62. The van der Waals surface area contributed by atoms with E-state index in [4.69, 9.17) is 9.97 Å². The van der Waals surface area contributed by atoms with Crippen LogP contribution in [0.4, 0.5) is 68.4 Å². The van der Waals surface area contributed by atoms with Crippen molar-refractivity contribution in [3.05, 3.63) is 519 Å². The van der Waals surface area contributed by atoms with Crippen LogP contribution in [0.25, 0.3) is 89.0 Å². The van der Waals surface area contributed by atoms with E-state index in [0.29, 0.717) is 0 Å². The predicted octanol–water partition coefficient (Wildman–Crippen LogP) is 30.0. The molecule has 0 bridgehead atoms. The van der Waals surface area contributed by atoms with Crippen LogP contribution in [0, 0.1) is 0 Å². The van der Waals surface area contributed by atoms with Crippen LogP contribution in [-0.4, -0.2) is 19.9 Å². The molecule has 0 saturated carbocycles. The van der Waals surface area contributed by atoms with Gasteiger partial charge in [0.05, 0.1) is 74.5 Å². The van der Waals surface area contributed by atoms with Gasteiger partial charge in [0.1, 0.15) is 5.82 Å². The summed E-state index contributed by atoms with van der Waals surface area (Å²) in [6, 6.07) is 114. The molecule has 12 heterocycles. The number of rotatable bonds is 0. The molecule has 16 aliphatic rings. The minimum absolute atomic E-state index is 0.911. The van der Waals surface area contributed by atoms with Crippen LogP contribution in [0.1, 0.15) is 178 Å². The normalized spacial score (nSPS) is 14.9. The number of hydrogen-bond donors (Lipinski definition) is 0. The van der Waals surface area contributed by atoms with Crippen molar-refractivity contribution in [1.29, 1.82) is 0 Å². The lowest BCUT2D eigenvalue weighted by Gasteiger charge is -2.39. The third-order valence-corrected chi connectivity index (χ3v) is 34.5. The lowest BCUT2D eigenvalue weighted by molar-refractivity contribution is 0.963. The lowest BCUT2D eigenvalue weighted by atomic mass is 9.84. The van der Waals surface area contributed by atoms with Gasteiger partial charge in [0.25, 0.3) is 0 Å². The summed E-state index contributed by atoms with van der Waals surface area (Å²) in [5.41, 5.74) is 83.9. The smallest absolute Gasteiger partial charge is 0.141 e. The van der Waals surface area contributed by atoms with E-state index in [9.17, 15) is 0 Å². The van der Waals surface area contributed by atoms with E-state index in [1.165, 1.54) is 330 Å². The molecule has 0 unspecified atom stereocenters. The van der Waals surface area contributed by atoms with Gasteiger partial charge in [0.15, 0.2) is 0 Å². The van der Waals surface area contributed by atoms with E-state index in [0.717, 1.165) is 109 Å². The first kappa shape index (κ1) is 76.5. The monoisotopic (exact) mass is 1780 g/mol. The molecule has 0 atom stereocenters. The SMILES string of the molecule is c1ccc2c(c1)Cc1c-2ccc2c1-c1ccc3c(c1C2)Cc1cccc2c1N3c1cnccc1C2.c1ccc2c(c1)Cc1c-2ccc2c1-c1ccc3c(c1C2)Cc1cccc2c1N3c1ncccc1C2.c1ccc2c(c1)Cc1cc3c(cc1-2)-c1ccc2c(c1C3)Cc1cccc3c1N2c1cccnc1C3.c1ccc2c(c1)Cc1cc3c(cc1-2)-c1ccc2c(c1C3)Cc1cccc3c1N2c1ccncc1C3. The van der Waals surface area contributed by atoms with Crippen LogP contribution < -0.4 is 19.6 Å². The molecular formula is C132H88N8. The summed E-state index contributed by atoms with van der Waals surface area (Å²) in [5.74, 6) is 1.10. The van der Waals surface area contributed by atoms with Gasteiger partial charge in [-0.05, 0) is 380 Å². The molecule has 0 saturated heterocycles. The topological polar surface area (TPSA) is 64.5 Å². The molecule has 4 aromatic heterocycles. The van der Waals surface area contributed by atoms with Gasteiger partial charge in [0.2, 0.25) is 0 Å². The second-order valence-electron chi connectivity index (χ2n) is 41.4. The summed E-state index contributed by atoms with van der Waals surface area (Å²) in [6.07, 6.45) is 28.0.